The monoisotopic (exact) mass is 346 g/mol. The average molecular weight is 346 g/mol. The van der Waals surface area contributed by atoms with Gasteiger partial charge in [-0.15, -0.1) is 0 Å². The molecule has 1 aliphatic rings. The summed E-state index contributed by atoms with van der Waals surface area (Å²) in [6.45, 7) is 0.478. The number of nitrogen functional groups attached to an aromatic ring is 1. The summed E-state index contributed by atoms with van der Waals surface area (Å²) in [4.78, 5) is 21.8. The number of hydrogen-bond donors (Lipinski definition) is 3. The normalized spacial score (nSPS) is 23.4. The number of carboxylic acids is 1. The number of piperidine rings is 1. The molecule has 0 bridgehead atoms. The molecule has 0 aliphatic carbocycles. The number of carbonyl (C=O) groups is 1. The second-order valence-electron chi connectivity index (χ2n) is 6.27. The lowest BCUT2D eigenvalue weighted by Crippen LogP contribution is -2.57. The molecule has 0 radical (unpaired) electrons. The highest BCUT2D eigenvalue weighted by Crippen LogP contribution is 2.36. The van der Waals surface area contributed by atoms with Gasteiger partial charge in [0.25, 0.3) is 0 Å². The molecule has 1 fully saturated rings. The van der Waals surface area contributed by atoms with Crippen molar-refractivity contribution in [1.82, 2.24) is 9.97 Å². The van der Waals surface area contributed by atoms with Crippen LogP contribution in [0.1, 0.15) is 12.0 Å². The SMILES string of the molecule is Nc1nccc(N2CC[C@H](O)[C@](Cc3cccc(F)c3)(C(=O)O)C2)n1. The van der Waals surface area contributed by atoms with Gasteiger partial charge in [-0.1, -0.05) is 12.1 Å². The summed E-state index contributed by atoms with van der Waals surface area (Å²) < 4.78 is 13.5. The molecular formula is C17H19FN4O3. The molecule has 3 rings (SSSR count). The highest BCUT2D eigenvalue weighted by atomic mass is 19.1. The number of aliphatic hydroxyl groups is 1. The van der Waals surface area contributed by atoms with Gasteiger partial charge in [0, 0.05) is 19.3 Å². The maximum absolute atomic E-state index is 13.5. The first-order valence-electron chi connectivity index (χ1n) is 7.90. The molecule has 132 valence electrons. The van der Waals surface area contributed by atoms with Crippen molar-refractivity contribution in [3.8, 4) is 0 Å². The van der Waals surface area contributed by atoms with Crippen LogP contribution in [0.3, 0.4) is 0 Å². The summed E-state index contributed by atoms with van der Waals surface area (Å²) in [5.74, 6) is -0.973. The highest BCUT2D eigenvalue weighted by molar-refractivity contribution is 5.77. The van der Waals surface area contributed by atoms with Crippen LogP contribution in [-0.2, 0) is 11.2 Å². The van der Waals surface area contributed by atoms with Crippen LogP contribution in [0.15, 0.2) is 36.5 Å². The molecule has 0 saturated carbocycles. The largest absolute Gasteiger partial charge is 0.481 e. The molecule has 1 aliphatic heterocycles. The Morgan fingerprint density at radius 3 is 2.92 bits per heavy atom. The third-order valence-corrected chi connectivity index (χ3v) is 4.60. The maximum Gasteiger partial charge on any atom is 0.314 e. The van der Waals surface area contributed by atoms with Crippen molar-refractivity contribution in [3.63, 3.8) is 0 Å². The van der Waals surface area contributed by atoms with Crippen LogP contribution >= 0.6 is 0 Å². The number of hydrogen-bond acceptors (Lipinski definition) is 6. The van der Waals surface area contributed by atoms with Crippen molar-refractivity contribution in [2.45, 2.75) is 18.9 Å². The number of benzene rings is 1. The number of aliphatic carboxylic acids is 1. The number of aliphatic hydroxyl groups excluding tert-OH is 1. The number of carboxylic acid groups (broad SMARTS) is 1. The molecule has 2 heterocycles. The minimum absolute atomic E-state index is 0.0122. The van der Waals surface area contributed by atoms with E-state index in [2.05, 4.69) is 9.97 Å². The van der Waals surface area contributed by atoms with Crippen molar-refractivity contribution >= 4 is 17.7 Å². The molecule has 0 amide bonds. The molecule has 4 N–H and O–H groups in total. The fourth-order valence-electron chi connectivity index (χ4n) is 3.29. The quantitative estimate of drug-likeness (QED) is 0.759. The number of nitrogens with two attached hydrogens (primary N) is 1. The van der Waals surface area contributed by atoms with E-state index >= 15 is 0 Å². The Morgan fingerprint density at radius 2 is 2.24 bits per heavy atom. The maximum atomic E-state index is 13.5. The fourth-order valence-corrected chi connectivity index (χ4v) is 3.29. The summed E-state index contributed by atoms with van der Waals surface area (Å²) in [5.41, 5.74) is 4.66. The Bertz CT molecular complexity index is 788. The van der Waals surface area contributed by atoms with E-state index in [1.165, 1.54) is 24.4 Å². The third-order valence-electron chi connectivity index (χ3n) is 4.60. The minimum Gasteiger partial charge on any atom is -0.481 e. The number of anilines is 2. The van der Waals surface area contributed by atoms with Gasteiger partial charge in [0.15, 0.2) is 0 Å². The van der Waals surface area contributed by atoms with Crippen LogP contribution in [0.2, 0.25) is 0 Å². The Kier molecular flexibility index (Phi) is 4.54. The Balaban J connectivity index is 1.94. The highest BCUT2D eigenvalue weighted by Gasteiger charge is 2.49. The molecular weight excluding hydrogens is 327 g/mol. The first-order chi connectivity index (χ1) is 11.9. The molecule has 0 unspecified atom stereocenters. The zero-order valence-electron chi connectivity index (χ0n) is 13.5. The standard InChI is InChI=1S/C17H19FN4O3/c18-12-3-1-2-11(8-12)9-17(15(24)25)10-22(7-5-13(17)23)14-4-6-20-16(19)21-14/h1-4,6,8,13,23H,5,7,9-10H2,(H,24,25)(H2,19,20,21)/t13-,17+/m0/s1. The molecule has 2 aromatic rings. The topological polar surface area (TPSA) is 113 Å². The van der Waals surface area contributed by atoms with Crippen LogP contribution in [0, 0.1) is 11.2 Å². The van der Waals surface area contributed by atoms with E-state index in [1.54, 1.807) is 17.0 Å². The molecule has 0 spiro atoms. The molecule has 1 aromatic carbocycles. The Labute approximate surface area is 143 Å². The van der Waals surface area contributed by atoms with Gasteiger partial charge in [0.2, 0.25) is 5.95 Å². The van der Waals surface area contributed by atoms with Gasteiger partial charge in [-0.25, -0.2) is 9.37 Å². The lowest BCUT2D eigenvalue weighted by molar-refractivity contribution is -0.157. The second-order valence-corrected chi connectivity index (χ2v) is 6.27. The summed E-state index contributed by atoms with van der Waals surface area (Å²) in [6.07, 6.45) is 0.713. The summed E-state index contributed by atoms with van der Waals surface area (Å²) in [6, 6.07) is 7.41. The van der Waals surface area contributed by atoms with Crippen molar-refractivity contribution in [3.05, 3.63) is 47.9 Å². The van der Waals surface area contributed by atoms with Crippen LogP contribution in [0.25, 0.3) is 0 Å². The van der Waals surface area contributed by atoms with Crippen molar-refractivity contribution < 1.29 is 19.4 Å². The summed E-state index contributed by atoms with van der Waals surface area (Å²) in [7, 11) is 0. The lowest BCUT2D eigenvalue weighted by Gasteiger charge is -2.44. The smallest absolute Gasteiger partial charge is 0.314 e. The van der Waals surface area contributed by atoms with Gasteiger partial charge < -0.3 is 20.8 Å². The fraction of sp³-hybridized carbons (Fsp3) is 0.353. The number of rotatable bonds is 4. The molecule has 1 saturated heterocycles. The van der Waals surface area contributed by atoms with E-state index in [9.17, 15) is 19.4 Å². The van der Waals surface area contributed by atoms with Gasteiger partial charge in [0.05, 0.1) is 6.10 Å². The average Bonchev–Trinajstić information content (AvgIpc) is 2.57. The molecule has 25 heavy (non-hydrogen) atoms. The molecule has 7 nitrogen and oxygen atoms in total. The van der Waals surface area contributed by atoms with Crippen molar-refractivity contribution in [2.75, 3.05) is 23.7 Å². The van der Waals surface area contributed by atoms with Gasteiger partial charge >= 0.3 is 5.97 Å². The van der Waals surface area contributed by atoms with Crippen LogP contribution in [0.5, 0.6) is 0 Å². The molecule has 2 atom stereocenters. The molecule has 1 aromatic heterocycles. The number of aromatic nitrogens is 2. The van der Waals surface area contributed by atoms with E-state index in [1.807, 2.05) is 0 Å². The number of nitrogens with zero attached hydrogens (tertiary/aromatic N) is 3. The van der Waals surface area contributed by atoms with Crippen LogP contribution < -0.4 is 10.6 Å². The third kappa shape index (κ3) is 3.39. The first kappa shape index (κ1) is 17.1. The van der Waals surface area contributed by atoms with Crippen molar-refractivity contribution in [2.24, 2.45) is 5.41 Å². The van der Waals surface area contributed by atoms with Gasteiger partial charge in [0.1, 0.15) is 17.1 Å². The van der Waals surface area contributed by atoms with E-state index in [-0.39, 0.29) is 25.3 Å². The number of halogens is 1. The summed E-state index contributed by atoms with van der Waals surface area (Å²) >= 11 is 0. The van der Waals surface area contributed by atoms with Crippen LogP contribution in [-0.4, -0.2) is 45.3 Å². The second kappa shape index (κ2) is 6.64. The van der Waals surface area contributed by atoms with Gasteiger partial charge in [-0.05, 0) is 36.6 Å². The Hall–Kier alpha value is -2.74. The zero-order chi connectivity index (χ0) is 18.0. The van der Waals surface area contributed by atoms with E-state index in [4.69, 9.17) is 5.73 Å². The predicted octanol–water partition coefficient (Wildman–Crippen LogP) is 1.08. The molecule has 8 heteroatoms. The summed E-state index contributed by atoms with van der Waals surface area (Å²) in [5, 5.41) is 20.4. The van der Waals surface area contributed by atoms with Gasteiger partial charge in [-0.2, -0.15) is 4.98 Å². The van der Waals surface area contributed by atoms with E-state index in [0.717, 1.165) is 0 Å². The Morgan fingerprint density at radius 1 is 1.44 bits per heavy atom. The zero-order valence-corrected chi connectivity index (χ0v) is 13.5. The van der Waals surface area contributed by atoms with Crippen molar-refractivity contribution in [1.29, 1.82) is 0 Å². The van der Waals surface area contributed by atoms with Gasteiger partial charge in [-0.3, -0.25) is 4.79 Å². The van der Waals surface area contributed by atoms with Crippen LogP contribution in [0.4, 0.5) is 16.2 Å². The van der Waals surface area contributed by atoms with E-state index < -0.39 is 23.3 Å². The van der Waals surface area contributed by atoms with E-state index in [0.29, 0.717) is 17.9 Å². The predicted molar refractivity (Wildman–Crippen MR) is 89.5 cm³/mol. The minimum atomic E-state index is -1.47. The first-order valence-corrected chi connectivity index (χ1v) is 7.90. The lowest BCUT2D eigenvalue weighted by atomic mass is 9.73.